The first-order chi connectivity index (χ1) is 2.77. The van der Waals surface area contributed by atoms with Crippen molar-refractivity contribution in [1.29, 1.82) is 0 Å². The summed E-state index contributed by atoms with van der Waals surface area (Å²) in [5, 5.41) is 8.01. The number of aliphatic hydroxyl groups excluding tert-OH is 1. The molecule has 0 aromatic heterocycles. The van der Waals surface area contributed by atoms with Crippen LogP contribution in [0.4, 0.5) is 0 Å². The summed E-state index contributed by atoms with van der Waals surface area (Å²) < 4.78 is 4.13. The Morgan fingerprint density at radius 3 is 2.33 bits per heavy atom. The fraction of sp³-hybridized carbons (Fsp3) is 1.00. The lowest BCUT2D eigenvalue weighted by Crippen LogP contribution is -1.99. The number of alkyl halides is 2. The minimum atomic E-state index is -1.26. The molecule has 0 saturated carbocycles. The van der Waals surface area contributed by atoms with Crippen LogP contribution in [0.1, 0.15) is 0 Å². The highest BCUT2D eigenvalue weighted by Crippen LogP contribution is 1.91. The van der Waals surface area contributed by atoms with Gasteiger partial charge in [-0.15, -0.1) is 0 Å². The van der Waals surface area contributed by atoms with E-state index in [4.69, 9.17) is 28.3 Å². The lowest BCUT2D eigenvalue weighted by Gasteiger charge is -1.95. The molecule has 1 unspecified atom stereocenters. The van der Waals surface area contributed by atoms with Crippen LogP contribution in [0.15, 0.2) is 0 Å². The molecule has 0 saturated heterocycles. The summed E-state index contributed by atoms with van der Waals surface area (Å²) >= 11 is 9.76. The van der Waals surface area contributed by atoms with Crippen molar-refractivity contribution < 1.29 is 9.84 Å². The average molecular weight is 131 g/mol. The molecule has 2 nitrogen and oxygen atoms in total. The molecular weight excluding hydrogens is 127 g/mol. The van der Waals surface area contributed by atoms with Crippen LogP contribution in [0.2, 0.25) is 0 Å². The quantitative estimate of drug-likeness (QED) is 0.441. The molecule has 0 aliphatic rings. The summed E-state index contributed by atoms with van der Waals surface area (Å²) in [5.41, 5.74) is 0. The van der Waals surface area contributed by atoms with Gasteiger partial charge in [-0.2, -0.15) is 0 Å². The zero-order valence-electron chi connectivity index (χ0n) is 2.90. The molecule has 0 aliphatic carbocycles. The fourth-order valence-electron chi connectivity index (χ4n) is 0.0520. The Hall–Kier alpha value is 0.500. The van der Waals surface area contributed by atoms with E-state index in [0.717, 1.165) is 0 Å². The summed E-state index contributed by atoms with van der Waals surface area (Å²) in [6.45, 7) is 0. The van der Waals surface area contributed by atoms with Gasteiger partial charge in [0.1, 0.15) is 6.07 Å². The van der Waals surface area contributed by atoms with Gasteiger partial charge in [-0.05, 0) is 0 Å². The van der Waals surface area contributed by atoms with Gasteiger partial charge in [0, 0.05) is 0 Å². The Morgan fingerprint density at radius 1 is 1.83 bits per heavy atom. The van der Waals surface area contributed by atoms with Crippen LogP contribution in [0.3, 0.4) is 0 Å². The summed E-state index contributed by atoms with van der Waals surface area (Å²) in [6.07, 6.45) is 0. The van der Waals surface area contributed by atoms with E-state index >= 15 is 0 Å². The standard InChI is InChI=1S/C2H4Cl2O2/c3-1-6-2(4)5/h2,5H,1H2. The molecule has 0 aromatic rings. The molecule has 0 rings (SSSR count). The van der Waals surface area contributed by atoms with Crippen molar-refractivity contribution in [2.24, 2.45) is 0 Å². The molecule has 0 bridgehead atoms. The third-order valence-electron chi connectivity index (χ3n) is 0.201. The molecule has 0 amide bonds. The van der Waals surface area contributed by atoms with Crippen molar-refractivity contribution in [3.05, 3.63) is 0 Å². The van der Waals surface area contributed by atoms with Gasteiger partial charge < -0.3 is 9.84 Å². The maximum atomic E-state index is 8.01. The fourth-order valence-corrected chi connectivity index (χ4v) is 0.299. The maximum Gasteiger partial charge on any atom is 0.235 e. The molecule has 4 heteroatoms. The Bertz CT molecular complexity index is 30.7. The van der Waals surface area contributed by atoms with Gasteiger partial charge in [0.25, 0.3) is 0 Å². The van der Waals surface area contributed by atoms with Crippen LogP contribution in [0.25, 0.3) is 0 Å². The highest BCUT2D eigenvalue weighted by Gasteiger charge is 1.90. The van der Waals surface area contributed by atoms with E-state index < -0.39 is 5.75 Å². The van der Waals surface area contributed by atoms with Crippen LogP contribution >= 0.6 is 23.2 Å². The van der Waals surface area contributed by atoms with E-state index in [1.807, 2.05) is 0 Å². The Kier molecular flexibility index (Phi) is 3.99. The molecule has 1 N–H and O–H groups in total. The second-order valence-corrected chi connectivity index (χ2v) is 1.16. The molecule has 0 fully saturated rings. The second kappa shape index (κ2) is 3.68. The van der Waals surface area contributed by atoms with Crippen LogP contribution < -0.4 is 0 Å². The lowest BCUT2D eigenvalue weighted by molar-refractivity contribution is -0.0173. The monoisotopic (exact) mass is 130 g/mol. The van der Waals surface area contributed by atoms with E-state index in [1.54, 1.807) is 0 Å². The Labute approximate surface area is 45.6 Å². The minimum Gasteiger partial charge on any atom is -0.356 e. The van der Waals surface area contributed by atoms with Crippen molar-refractivity contribution in [1.82, 2.24) is 0 Å². The molecule has 0 aromatic carbocycles. The predicted molar refractivity (Wildman–Crippen MR) is 23.7 cm³/mol. The molecule has 0 aliphatic heterocycles. The first-order valence-corrected chi connectivity index (χ1v) is 2.24. The first kappa shape index (κ1) is 6.50. The van der Waals surface area contributed by atoms with Gasteiger partial charge in [0.05, 0.1) is 0 Å². The van der Waals surface area contributed by atoms with E-state index in [1.165, 1.54) is 0 Å². The topological polar surface area (TPSA) is 29.5 Å². The Morgan fingerprint density at radius 2 is 2.33 bits per heavy atom. The smallest absolute Gasteiger partial charge is 0.235 e. The van der Waals surface area contributed by atoms with Gasteiger partial charge in [0.15, 0.2) is 0 Å². The third-order valence-corrected chi connectivity index (χ3v) is 0.453. The summed E-state index contributed by atoms with van der Waals surface area (Å²) in [4.78, 5) is 0. The number of ether oxygens (including phenoxy) is 1. The van der Waals surface area contributed by atoms with Crippen LogP contribution in [-0.2, 0) is 4.74 Å². The van der Waals surface area contributed by atoms with E-state index in [2.05, 4.69) is 4.74 Å². The zero-order chi connectivity index (χ0) is 4.99. The molecule has 38 valence electrons. The highest BCUT2D eigenvalue weighted by atomic mass is 35.5. The minimum absolute atomic E-state index is 0.0787. The summed E-state index contributed by atoms with van der Waals surface area (Å²) in [6, 6.07) is -0.0787. The van der Waals surface area contributed by atoms with E-state index in [9.17, 15) is 0 Å². The van der Waals surface area contributed by atoms with Gasteiger partial charge in [-0.1, -0.05) is 23.2 Å². The highest BCUT2D eigenvalue weighted by molar-refractivity contribution is 6.19. The summed E-state index contributed by atoms with van der Waals surface area (Å²) in [5.74, 6) is -1.26. The van der Waals surface area contributed by atoms with Gasteiger partial charge in [0.2, 0.25) is 5.75 Å². The number of hydrogen-bond donors (Lipinski definition) is 1. The molecule has 6 heavy (non-hydrogen) atoms. The van der Waals surface area contributed by atoms with Crippen molar-refractivity contribution >= 4 is 23.2 Å². The second-order valence-electron chi connectivity index (χ2n) is 0.568. The predicted octanol–water partition coefficient (Wildman–Crippen LogP) is 0.714. The lowest BCUT2D eigenvalue weighted by atomic mass is 11.4. The molecular formula is C2H4Cl2O2. The number of rotatable bonds is 2. The molecule has 0 spiro atoms. The van der Waals surface area contributed by atoms with E-state index in [-0.39, 0.29) is 6.07 Å². The SMILES string of the molecule is OC(Cl)OCCl. The third kappa shape index (κ3) is 4.50. The summed E-state index contributed by atoms with van der Waals surface area (Å²) in [7, 11) is 0. The molecule has 0 radical (unpaired) electrons. The van der Waals surface area contributed by atoms with Gasteiger partial charge in [-0.3, -0.25) is 0 Å². The maximum absolute atomic E-state index is 8.01. The first-order valence-electron chi connectivity index (χ1n) is 1.27. The normalized spacial score (nSPS) is 14.5. The largest absolute Gasteiger partial charge is 0.356 e. The van der Waals surface area contributed by atoms with Gasteiger partial charge in [-0.25, -0.2) is 0 Å². The number of halogens is 2. The van der Waals surface area contributed by atoms with Gasteiger partial charge >= 0.3 is 0 Å². The van der Waals surface area contributed by atoms with Crippen molar-refractivity contribution in [3.8, 4) is 0 Å². The van der Waals surface area contributed by atoms with Crippen molar-refractivity contribution in [2.45, 2.75) is 5.75 Å². The average Bonchev–Trinajstić information content (AvgIpc) is 1.35. The molecule has 1 atom stereocenters. The van der Waals surface area contributed by atoms with E-state index in [0.29, 0.717) is 0 Å². The molecule has 0 heterocycles. The Balaban J connectivity index is 2.63. The van der Waals surface area contributed by atoms with Crippen molar-refractivity contribution in [3.63, 3.8) is 0 Å². The number of aliphatic hydroxyl groups is 1. The van der Waals surface area contributed by atoms with Crippen LogP contribution in [0.5, 0.6) is 0 Å². The number of hydrogen-bond acceptors (Lipinski definition) is 2. The zero-order valence-corrected chi connectivity index (χ0v) is 4.41. The van der Waals surface area contributed by atoms with Crippen LogP contribution in [0, 0.1) is 0 Å². The van der Waals surface area contributed by atoms with Crippen molar-refractivity contribution in [2.75, 3.05) is 6.07 Å². The van der Waals surface area contributed by atoms with Crippen LogP contribution in [-0.4, -0.2) is 16.9 Å².